The molecule has 0 aliphatic rings. The molecule has 19 heteroatoms. The highest BCUT2D eigenvalue weighted by Gasteiger charge is 2.30. The topological polar surface area (TPSA) is 237 Å². The average Bonchev–Trinajstić information content (AvgIpc) is 0.906. The van der Waals surface area contributed by atoms with Crippen LogP contribution in [0.4, 0.5) is 0 Å². The molecule has 0 aromatic carbocycles. The molecule has 17 nitrogen and oxygen atoms in total. The van der Waals surface area contributed by atoms with Crippen LogP contribution in [0.5, 0.6) is 0 Å². The van der Waals surface area contributed by atoms with Crippen molar-refractivity contribution in [1.29, 1.82) is 0 Å². The van der Waals surface area contributed by atoms with Gasteiger partial charge in [-0.05, 0) is 141 Å². The van der Waals surface area contributed by atoms with Crippen LogP contribution in [0.2, 0.25) is 0 Å². The Morgan fingerprint density at radius 3 is 0.745 bits per heavy atom. The van der Waals surface area contributed by atoms with E-state index in [4.69, 9.17) is 37.0 Å². The number of allylic oxidation sites excluding steroid dienone is 22. The minimum absolute atomic E-state index is 0.0607. The smallest absolute Gasteiger partial charge is 0.462 e. The Labute approximate surface area is 669 Å². The molecule has 3 N–H and O–H groups in total. The lowest BCUT2D eigenvalue weighted by Gasteiger charge is -2.21. The van der Waals surface area contributed by atoms with Gasteiger partial charge in [0.15, 0.2) is 12.2 Å². The zero-order valence-corrected chi connectivity index (χ0v) is 71.2. The first-order valence-electron chi connectivity index (χ1n) is 43.4. The van der Waals surface area contributed by atoms with Gasteiger partial charge >= 0.3 is 39.5 Å². The predicted molar refractivity (Wildman–Crippen MR) is 454 cm³/mol. The summed E-state index contributed by atoms with van der Waals surface area (Å²) >= 11 is 0. The van der Waals surface area contributed by atoms with Crippen LogP contribution in [0.3, 0.4) is 0 Å². The van der Waals surface area contributed by atoms with Crippen molar-refractivity contribution in [1.82, 2.24) is 0 Å². The highest BCUT2D eigenvalue weighted by molar-refractivity contribution is 7.47. The lowest BCUT2D eigenvalue weighted by molar-refractivity contribution is -0.161. The van der Waals surface area contributed by atoms with Gasteiger partial charge in [-0.3, -0.25) is 37.3 Å². The SMILES string of the molecule is CC/C=C\C/C=C\C/C=C\C/C=C\CCCCCCCCC(=O)OCC(COP(=O)(O)OCC(O)COP(=O)(O)OCC(COC(=O)CCCCCCCC/C=C\C/C=C\C/C=C\CCCCC)OC(=O)CCCCCCCCCCCCCCCCC)OC(=O)CCCCCC/C=C\C/C=C\C/C=C\C/C=C\CC. The summed E-state index contributed by atoms with van der Waals surface area (Å²) in [7, 11) is -9.98. The van der Waals surface area contributed by atoms with Crippen molar-refractivity contribution in [2.75, 3.05) is 39.6 Å². The van der Waals surface area contributed by atoms with E-state index in [9.17, 15) is 43.2 Å². The summed E-state index contributed by atoms with van der Waals surface area (Å²) in [5, 5.41) is 10.7. The minimum atomic E-state index is -5.00. The molecule has 0 aromatic heterocycles. The third-order valence-corrected chi connectivity index (χ3v) is 20.0. The molecule has 0 bridgehead atoms. The average molecular weight is 1580 g/mol. The largest absolute Gasteiger partial charge is 0.472 e. The Kier molecular flexibility index (Phi) is 78.6. The molecule has 0 radical (unpaired) electrons. The van der Waals surface area contributed by atoms with E-state index in [0.29, 0.717) is 25.7 Å². The highest BCUT2D eigenvalue weighted by Crippen LogP contribution is 2.45. The molecule has 0 aromatic rings. The Hall–Kier alpha value is -4.80. The number of rotatable bonds is 81. The number of aliphatic hydroxyl groups excluding tert-OH is 1. The van der Waals surface area contributed by atoms with Gasteiger partial charge in [-0.15, -0.1) is 0 Å². The Bertz CT molecular complexity index is 2600. The van der Waals surface area contributed by atoms with E-state index in [2.05, 4.69) is 161 Å². The molecular formula is C91H156O17P2. The standard InChI is InChI=1S/C91H156O17P2/c1-5-9-13-17-21-25-29-33-37-40-42-45-48-51-55-59-63-67-71-75-88(93)101-81-86(107-90(95)77-73-69-65-61-57-53-47-36-32-28-24-20-16-12-8-4)83-105-109(97,98)103-79-85(92)80-104-110(99,100)106-84-87(108-91(96)78-74-70-66-62-58-54-50-44-39-35-31-27-23-19-15-11-7-3)82-102-89(94)76-72-68-64-60-56-52-49-46-43-41-38-34-30-26-22-18-14-10-6-2/h10-11,14-15,21-23,25-27,33-35,37-39,42-43,45-46,50,54,85-87,92H,5-9,12-13,16-20,24,28-32,36,40-41,44,47-49,51-53,55-84H2,1-4H3,(H,97,98)(H,99,100)/b14-10-,15-11-,25-21-,26-22-,27-23-,37-33-,38-34-,39-35-,45-42-,46-43-,54-50-. The molecule has 0 spiro atoms. The Morgan fingerprint density at radius 2 is 0.473 bits per heavy atom. The molecule has 0 saturated heterocycles. The molecule has 0 amide bonds. The molecule has 5 unspecified atom stereocenters. The number of hydrogen-bond acceptors (Lipinski definition) is 15. The van der Waals surface area contributed by atoms with Gasteiger partial charge in [-0.1, -0.05) is 328 Å². The quantitative estimate of drug-likeness (QED) is 0.0169. The maximum Gasteiger partial charge on any atom is 0.472 e. The van der Waals surface area contributed by atoms with Crippen LogP contribution >= 0.6 is 15.6 Å². The van der Waals surface area contributed by atoms with Crippen LogP contribution in [0, 0.1) is 0 Å². The van der Waals surface area contributed by atoms with Crippen molar-refractivity contribution >= 4 is 39.5 Å². The Morgan fingerprint density at radius 1 is 0.264 bits per heavy atom. The first kappa shape index (κ1) is 105. The van der Waals surface area contributed by atoms with E-state index in [1.54, 1.807) is 0 Å². The van der Waals surface area contributed by atoms with Gasteiger partial charge in [0.2, 0.25) is 0 Å². The molecule has 0 rings (SSSR count). The summed E-state index contributed by atoms with van der Waals surface area (Å²) in [6, 6.07) is 0. The van der Waals surface area contributed by atoms with Gasteiger partial charge in [0.05, 0.1) is 26.4 Å². The normalized spacial score (nSPS) is 14.4. The van der Waals surface area contributed by atoms with Crippen LogP contribution in [0.1, 0.15) is 362 Å². The monoisotopic (exact) mass is 1580 g/mol. The van der Waals surface area contributed by atoms with Gasteiger partial charge in [0.1, 0.15) is 19.3 Å². The van der Waals surface area contributed by atoms with E-state index in [-0.39, 0.29) is 25.7 Å². The summed E-state index contributed by atoms with van der Waals surface area (Å²) in [5.41, 5.74) is 0. The van der Waals surface area contributed by atoms with Crippen molar-refractivity contribution in [3.8, 4) is 0 Å². The first-order chi connectivity index (χ1) is 53.7. The number of carbonyl (C=O) groups excluding carboxylic acids is 4. The summed E-state index contributed by atoms with van der Waals surface area (Å²) < 4.78 is 68.9. The summed E-state index contributed by atoms with van der Waals surface area (Å²) in [6.07, 6.45) is 94.0. The van der Waals surface area contributed by atoms with Crippen LogP contribution in [0.25, 0.3) is 0 Å². The summed E-state index contributed by atoms with van der Waals surface area (Å²) in [6.45, 7) is 4.62. The van der Waals surface area contributed by atoms with Crippen LogP contribution in [0.15, 0.2) is 134 Å². The van der Waals surface area contributed by atoms with Crippen molar-refractivity contribution in [2.24, 2.45) is 0 Å². The molecular weight excluding hydrogens is 1430 g/mol. The van der Waals surface area contributed by atoms with E-state index in [0.717, 1.165) is 199 Å². The molecule has 0 heterocycles. The minimum Gasteiger partial charge on any atom is -0.462 e. The van der Waals surface area contributed by atoms with Crippen molar-refractivity contribution in [3.05, 3.63) is 134 Å². The van der Waals surface area contributed by atoms with Gasteiger partial charge in [0, 0.05) is 25.7 Å². The second-order valence-corrected chi connectivity index (χ2v) is 31.6. The predicted octanol–water partition coefficient (Wildman–Crippen LogP) is 26.0. The van der Waals surface area contributed by atoms with Crippen LogP contribution in [-0.2, 0) is 65.4 Å². The van der Waals surface area contributed by atoms with E-state index in [1.165, 1.54) is 83.5 Å². The lowest BCUT2D eigenvalue weighted by atomic mass is 10.0. The molecule has 632 valence electrons. The number of phosphoric ester groups is 2. The number of unbranched alkanes of at least 4 members (excludes halogenated alkanes) is 33. The second-order valence-electron chi connectivity index (χ2n) is 28.7. The maximum atomic E-state index is 13.1. The van der Waals surface area contributed by atoms with Crippen molar-refractivity contribution < 1.29 is 80.2 Å². The molecule has 0 aliphatic carbocycles. The van der Waals surface area contributed by atoms with Crippen LogP contribution in [-0.4, -0.2) is 96.7 Å². The van der Waals surface area contributed by atoms with Gasteiger partial charge in [0.25, 0.3) is 0 Å². The number of hydrogen-bond donors (Lipinski definition) is 3. The van der Waals surface area contributed by atoms with Gasteiger partial charge in [-0.2, -0.15) is 0 Å². The number of carbonyl (C=O) groups is 4. The lowest BCUT2D eigenvalue weighted by Crippen LogP contribution is -2.30. The second kappa shape index (κ2) is 82.2. The highest BCUT2D eigenvalue weighted by atomic mass is 31.2. The zero-order chi connectivity index (χ0) is 80.3. The molecule has 5 atom stereocenters. The number of esters is 4. The number of aliphatic hydroxyl groups is 1. The molecule has 0 saturated carbocycles. The first-order valence-corrected chi connectivity index (χ1v) is 46.4. The Balaban J connectivity index is 5.41. The summed E-state index contributed by atoms with van der Waals surface area (Å²) in [5.74, 6) is -2.21. The van der Waals surface area contributed by atoms with E-state index in [1.807, 2.05) is 0 Å². The van der Waals surface area contributed by atoms with Crippen molar-refractivity contribution in [3.63, 3.8) is 0 Å². The van der Waals surface area contributed by atoms with Crippen LogP contribution < -0.4 is 0 Å². The number of phosphoric acid groups is 2. The fraction of sp³-hybridized carbons (Fsp3) is 0.714. The molecule has 0 fully saturated rings. The van der Waals surface area contributed by atoms with Gasteiger partial charge < -0.3 is 33.8 Å². The molecule has 110 heavy (non-hydrogen) atoms. The third kappa shape index (κ3) is 81.2. The molecule has 0 aliphatic heterocycles. The van der Waals surface area contributed by atoms with E-state index < -0.39 is 97.5 Å². The maximum absolute atomic E-state index is 13.1. The van der Waals surface area contributed by atoms with Crippen molar-refractivity contribution in [2.45, 2.75) is 380 Å². The third-order valence-electron chi connectivity index (χ3n) is 18.1. The number of ether oxygens (including phenoxy) is 4. The van der Waals surface area contributed by atoms with Gasteiger partial charge in [-0.25, -0.2) is 9.13 Å². The fourth-order valence-corrected chi connectivity index (χ4v) is 13.1. The van der Waals surface area contributed by atoms with E-state index >= 15 is 0 Å². The summed E-state index contributed by atoms with van der Waals surface area (Å²) in [4.78, 5) is 73.3. The fourth-order valence-electron chi connectivity index (χ4n) is 11.6. The zero-order valence-electron chi connectivity index (χ0n) is 69.4.